The van der Waals surface area contributed by atoms with E-state index < -0.39 is 6.43 Å². The van der Waals surface area contributed by atoms with Crippen LogP contribution in [0.4, 0.5) is 19.3 Å². The molecule has 0 atom stereocenters. The van der Waals surface area contributed by atoms with Crippen molar-refractivity contribution in [3.8, 4) is 5.75 Å². The number of carbonyl (C=O) groups excluding carboxylic acids is 1. The van der Waals surface area contributed by atoms with Crippen molar-refractivity contribution in [3.63, 3.8) is 0 Å². The quantitative estimate of drug-likeness (QED) is 0.718. The molecule has 0 radical (unpaired) electrons. The lowest BCUT2D eigenvalue weighted by Crippen LogP contribution is -2.38. The van der Waals surface area contributed by atoms with Crippen LogP contribution >= 0.6 is 0 Å². The van der Waals surface area contributed by atoms with E-state index in [0.29, 0.717) is 23.5 Å². The zero-order valence-corrected chi connectivity index (χ0v) is 16.2. The molecule has 4 nitrogen and oxygen atoms in total. The maximum absolute atomic E-state index is 13.6. The molecule has 0 aromatic heterocycles. The summed E-state index contributed by atoms with van der Waals surface area (Å²) >= 11 is 0. The Morgan fingerprint density at radius 3 is 2.52 bits per heavy atom. The molecule has 0 fully saturated rings. The lowest BCUT2D eigenvalue weighted by molar-refractivity contribution is 0.148. The summed E-state index contributed by atoms with van der Waals surface area (Å²) in [6.45, 7) is 6.09. The first kappa shape index (κ1) is 20.7. The van der Waals surface area contributed by atoms with Gasteiger partial charge >= 0.3 is 6.03 Å². The highest BCUT2D eigenvalue weighted by molar-refractivity contribution is 5.92. The molecule has 0 heterocycles. The molecule has 1 N–H and O–H groups in total. The second kappa shape index (κ2) is 9.35. The molecule has 2 amide bonds. The van der Waals surface area contributed by atoms with Gasteiger partial charge in [-0.05, 0) is 43.5 Å². The van der Waals surface area contributed by atoms with Crippen molar-refractivity contribution in [1.82, 2.24) is 5.32 Å². The number of halogens is 2. The number of nitrogens with zero attached hydrogens (tertiary/aromatic N) is 1. The van der Waals surface area contributed by atoms with E-state index in [1.54, 1.807) is 13.0 Å². The average molecular weight is 376 g/mol. The summed E-state index contributed by atoms with van der Waals surface area (Å²) in [6.07, 6.45) is -1.74. The van der Waals surface area contributed by atoms with Crippen LogP contribution in [0, 0.1) is 6.92 Å². The number of alkyl halides is 2. The Kier molecular flexibility index (Phi) is 7.16. The molecule has 2 aromatic rings. The molecule has 0 aliphatic heterocycles. The molecule has 0 bridgehead atoms. The van der Waals surface area contributed by atoms with Crippen LogP contribution in [0.15, 0.2) is 36.4 Å². The van der Waals surface area contributed by atoms with Crippen molar-refractivity contribution in [2.24, 2.45) is 0 Å². The third kappa shape index (κ3) is 4.76. The summed E-state index contributed by atoms with van der Waals surface area (Å²) < 4.78 is 33.0. The smallest absolute Gasteiger partial charge is 0.321 e. The van der Waals surface area contributed by atoms with E-state index in [-0.39, 0.29) is 18.2 Å². The first-order valence-electron chi connectivity index (χ1n) is 9.04. The Balaban J connectivity index is 2.40. The molecule has 146 valence electrons. The van der Waals surface area contributed by atoms with Crippen LogP contribution in [0.5, 0.6) is 5.75 Å². The summed E-state index contributed by atoms with van der Waals surface area (Å²) in [5, 5.41) is 2.54. The molecule has 2 aromatic carbocycles. The van der Waals surface area contributed by atoms with E-state index in [1.165, 1.54) is 29.6 Å². The molecule has 0 aliphatic rings. The van der Waals surface area contributed by atoms with Crippen molar-refractivity contribution in [1.29, 1.82) is 0 Å². The van der Waals surface area contributed by atoms with Gasteiger partial charge in [0, 0.05) is 24.7 Å². The minimum absolute atomic E-state index is 0.0460. The average Bonchev–Trinajstić information content (AvgIpc) is 2.67. The topological polar surface area (TPSA) is 41.6 Å². The van der Waals surface area contributed by atoms with Gasteiger partial charge in [0.15, 0.2) is 0 Å². The van der Waals surface area contributed by atoms with E-state index in [0.717, 1.165) is 12.0 Å². The number of hydrogen-bond acceptors (Lipinski definition) is 2. The van der Waals surface area contributed by atoms with E-state index in [9.17, 15) is 13.6 Å². The minimum atomic E-state index is -2.66. The van der Waals surface area contributed by atoms with Crippen LogP contribution in [0.1, 0.15) is 42.5 Å². The van der Waals surface area contributed by atoms with Crippen molar-refractivity contribution < 1.29 is 18.3 Å². The van der Waals surface area contributed by atoms with Gasteiger partial charge in [-0.25, -0.2) is 13.6 Å². The van der Waals surface area contributed by atoms with Gasteiger partial charge in [0.05, 0.1) is 5.69 Å². The summed E-state index contributed by atoms with van der Waals surface area (Å²) in [5.41, 5.74) is 2.75. The maximum Gasteiger partial charge on any atom is 0.321 e. The highest BCUT2D eigenvalue weighted by Gasteiger charge is 2.22. The van der Waals surface area contributed by atoms with Gasteiger partial charge in [0.1, 0.15) is 12.4 Å². The van der Waals surface area contributed by atoms with Crippen LogP contribution in [0.3, 0.4) is 0 Å². The van der Waals surface area contributed by atoms with Gasteiger partial charge in [-0.3, -0.25) is 4.90 Å². The lowest BCUT2D eigenvalue weighted by Gasteiger charge is -2.25. The predicted octanol–water partition coefficient (Wildman–Crippen LogP) is 5.24. The SMILES string of the molecule is CCc1ccc(OCc2c(C(F)F)cccc2N(CC)C(=O)NC)c(C)c1. The van der Waals surface area contributed by atoms with Gasteiger partial charge < -0.3 is 10.1 Å². The molecule has 2 rings (SSSR count). The highest BCUT2D eigenvalue weighted by Crippen LogP contribution is 2.32. The highest BCUT2D eigenvalue weighted by atomic mass is 19.3. The monoisotopic (exact) mass is 376 g/mol. The number of ether oxygens (including phenoxy) is 1. The van der Waals surface area contributed by atoms with Crippen molar-refractivity contribution in [2.45, 2.75) is 40.2 Å². The van der Waals surface area contributed by atoms with Gasteiger partial charge in [0.2, 0.25) is 0 Å². The van der Waals surface area contributed by atoms with Crippen LogP contribution in [0.2, 0.25) is 0 Å². The number of amides is 2. The third-order valence-electron chi connectivity index (χ3n) is 4.51. The maximum atomic E-state index is 13.6. The number of anilines is 1. The summed E-state index contributed by atoms with van der Waals surface area (Å²) in [5.74, 6) is 0.644. The summed E-state index contributed by atoms with van der Waals surface area (Å²) in [6, 6.07) is 10.1. The van der Waals surface area contributed by atoms with Crippen LogP contribution in [-0.4, -0.2) is 19.6 Å². The Labute approximate surface area is 159 Å². The molecule has 0 saturated heterocycles. The molecule has 0 aliphatic carbocycles. The zero-order chi connectivity index (χ0) is 20.0. The van der Waals surface area contributed by atoms with Gasteiger partial charge in [0.25, 0.3) is 6.43 Å². The molecule has 27 heavy (non-hydrogen) atoms. The third-order valence-corrected chi connectivity index (χ3v) is 4.51. The Bertz CT molecular complexity index is 794. The Morgan fingerprint density at radius 2 is 1.96 bits per heavy atom. The minimum Gasteiger partial charge on any atom is -0.489 e. The number of hydrogen-bond donors (Lipinski definition) is 1. The van der Waals surface area contributed by atoms with E-state index in [4.69, 9.17) is 4.74 Å². The number of aryl methyl sites for hydroxylation is 2. The Morgan fingerprint density at radius 1 is 1.22 bits per heavy atom. The first-order chi connectivity index (χ1) is 12.9. The predicted molar refractivity (Wildman–Crippen MR) is 104 cm³/mol. The lowest BCUT2D eigenvalue weighted by atomic mass is 10.0. The number of benzene rings is 2. The Hall–Kier alpha value is -2.63. The van der Waals surface area contributed by atoms with Gasteiger partial charge in [-0.15, -0.1) is 0 Å². The number of carbonyl (C=O) groups is 1. The standard InChI is InChI=1S/C21H26F2N2O2/c1-5-15-10-11-19(14(3)12-15)27-13-17-16(20(22)23)8-7-9-18(17)25(6-2)21(26)24-4/h7-12,20H,5-6,13H2,1-4H3,(H,24,26). The van der Waals surface area contributed by atoms with Crippen molar-refractivity contribution in [3.05, 3.63) is 58.7 Å². The van der Waals surface area contributed by atoms with Gasteiger partial charge in [-0.2, -0.15) is 0 Å². The summed E-state index contributed by atoms with van der Waals surface area (Å²) in [7, 11) is 1.51. The molecule has 0 unspecified atom stereocenters. The fourth-order valence-corrected chi connectivity index (χ4v) is 3.01. The van der Waals surface area contributed by atoms with Crippen molar-refractivity contribution in [2.75, 3.05) is 18.5 Å². The van der Waals surface area contributed by atoms with Crippen molar-refractivity contribution >= 4 is 11.7 Å². The fourth-order valence-electron chi connectivity index (χ4n) is 3.01. The number of nitrogens with one attached hydrogen (secondary N) is 1. The number of urea groups is 1. The molecule has 6 heteroatoms. The van der Waals surface area contributed by atoms with Crippen LogP contribution in [-0.2, 0) is 13.0 Å². The van der Waals surface area contributed by atoms with E-state index in [2.05, 4.69) is 12.2 Å². The van der Waals surface area contributed by atoms with E-state index >= 15 is 0 Å². The molecule has 0 spiro atoms. The summed E-state index contributed by atoms with van der Waals surface area (Å²) in [4.78, 5) is 13.6. The largest absolute Gasteiger partial charge is 0.489 e. The first-order valence-corrected chi connectivity index (χ1v) is 9.04. The van der Waals surface area contributed by atoms with Gasteiger partial charge in [-0.1, -0.05) is 31.2 Å². The second-order valence-corrected chi connectivity index (χ2v) is 6.19. The van der Waals surface area contributed by atoms with Crippen LogP contribution in [0.25, 0.3) is 0 Å². The fraction of sp³-hybridized carbons (Fsp3) is 0.381. The number of rotatable bonds is 7. The van der Waals surface area contributed by atoms with Crippen LogP contribution < -0.4 is 15.0 Å². The second-order valence-electron chi connectivity index (χ2n) is 6.19. The molecular weight excluding hydrogens is 350 g/mol. The van der Waals surface area contributed by atoms with E-state index in [1.807, 2.05) is 25.1 Å². The zero-order valence-electron chi connectivity index (χ0n) is 16.2. The molecule has 0 saturated carbocycles. The normalized spacial score (nSPS) is 10.8. The molecular formula is C21H26F2N2O2.